The molecule has 96 valence electrons. The van der Waals surface area contributed by atoms with Gasteiger partial charge in [-0.1, -0.05) is 36.4 Å². The van der Waals surface area contributed by atoms with Crippen molar-refractivity contribution in [3.63, 3.8) is 0 Å². The van der Waals surface area contributed by atoms with Crippen LogP contribution in [0.1, 0.15) is 22.7 Å². The van der Waals surface area contributed by atoms with Crippen LogP contribution in [0.5, 0.6) is 0 Å². The molecule has 0 fully saturated rings. The molecule has 1 atom stereocenters. The first-order chi connectivity index (χ1) is 9.18. The molecule has 0 aliphatic heterocycles. The van der Waals surface area contributed by atoms with Gasteiger partial charge >= 0.3 is 0 Å². The van der Waals surface area contributed by atoms with E-state index >= 15 is 0 Å². The molecule has 3 aromatic rings. The quantitative estimate of drug-likeness (QED) is 0.734. The minimum atomic E-state index is -0.420. The highest BCUT2D eigenvalue weighted by Crippen LogP contribution is 2.33. The lowest BCUT2D eigenvalue weighted by Crippen LogP contribution is -2.13. The van der Waals surface area contributed by atoms with Crippen LogP contribution in [0.4, 0.5) is 4.39 Å². The fraction of sp³-hybridized carbons (Fsp3) is 0.125. The number of hydrogen-bond donors (Lipinski definition) is 1. The number of nitrogens with two attached hydrogens (primary N) is 1. The van der Waals surface area contributed by atoms with Gasteiger partial charge in [-0.2, -0.15) is 0 Å². The Bertz CT molecular complexity index is 732. The van der Waals surface area contributed by atoms with E-state index in [9.17, 15) is 4.39 Å². The molecule has 0 saturated heterocycles. The van der Waals surface area contributed by atoms with E-state index in [2.05, 4.69) is 6.07 Å². The molecule has 1 heterocycles. The maximum Gasteiger partial charge on any atom is 0.131 e. The van der Waals surface area contributed by atoms with Gasteiger partial charge < -0.3 is 5.73 Å². The predicted octanol–water partition coefficient (Wildman–Crippen LogP) is 4.40. The van der Waals surface area contributed by atoms with Crippen LogP contribution in [0.25, 0.3) is 10.1 Å². The molecule has 2 N–H and O–H groups in total. The lowest BCUT2D eigenvalue weighted by molar-refractivity contribution is 0.592. The number of rotatable bonds is 2. The average Bonchev–Trinajstić information content (AvgIpc) is 2.85. The van der Waals surface area contributed by atoms with Crippen molar-refractivity contribution in [1.82, 2.24) is 0 Å². The van der Waals surface area contributed by atoms with Gasteiger partial charge in [0.05, 0.1) is 6.04 Å². The van der Waals surface area contributed by atoms with Gasteiger partial charge in [-0.25, -0.2) is 4.39 Å². The molecule has 0 aliphatic rings. The maximum absolute atomic E-state index is 14.2. The molecule has 19 heavy (non-hydrogen) atoms. The largest absolute Gasteiger partial charge is 0.320 e. The van der Waals surface area contributed by atoms with Crippen molar-refractivity contribution in [3.05, 3.63) is 70.4 Å². The fourth-order valence-corrected chi connectivity index (χ4v) is 3.31. The van der Waals surface area contributed by atoms with Gasteiger partial charge in [-0.15, -0.1) is 11.3 Å². The number of hydrogen-bond acceptors (Lipinski definition) is 2. The lowest BCUT2D eigenvalue weighted by Gasteiger charge is -2.13. The normalized spacial score (nSPS) is 12.8. The standard InChI is InChI=1S/C16H14FNS/c1-10-5-4-7-12(15(10)17)16(18)13-9-19-14-8-3-2-6-11(13)14/h2-9,16H,18H2,1H3. The SMILES string of the molecule is Cc1cccc(C(N)c2csc3ccccc23)c1F. The van der Waals surface area contributed by atoms with Gasteiger partial charge in [0.1, 0.15) is 5.82 Å². The van der Waals surface area contributed by atoms with Gasteiger partial charge in [-0.05, 0) is 34.9 Å². The Morgan fingerprint density at radius 2 is 1.84 bits per heavy atom. The van der Waals surface area contributed by atoms with Crippen LogP contribution >= 0.6 is 11.3 Å². The van der Waals surface area contributed by atoms with Crippen molar-refractivity contribution >= 4 is 21.4 Å². The molecule has 1 nitrogen and oxygen atoms in total. The molecule has 3 rings (SSSR count). The van der Waals surface area contributed by atoms with Crippen LogP contribution in [-0.2, 0) is 0 Å². The number of aryl methyl sites for hydroxylation is 1. The second-order valence-corrected chi connectivity index (χ2v) is 5.55. The number of fused-ring (bicyclic) bond motifs is 1. The average molecular weight is 271 g/mol. The van der Waals surface area contributed by atoms with Crippen LogP contribution in [-0.4, -0.2) is 0 Å². The first-order valence-corrected chi connectivity index (χ1v) is 7.03. The second-order valence-electron chi connectivity index (χ2n) is 4.64. The molecule has 0 aliphatic carbocycles. The van der Waals surface area contributed by atoms with Crippen molar-refractivity contribution in [3.8, 4) is 0 Å². The molecular formula is C16H14FNS. The highest BCUT2D eigenvalue weighted by Gasteiger charge is 2.17. The minimum absolute atomic E-state index is 0.203. The Morgan fingerprint density at radius 1 is 1.05 bits per heavy atom. The monoisotopic (exact) mass is 271 g/mol. The van der Waals surface area contributed by atoms with Crippen LogP contribution in [0.15, 0.2) is 47.8 Å². The van der Waals surface area contributed by atoms with Crippen LogP contribution in [0.2, 0.25) is 0 Å². The number of benzene rings is 2. The Labute approximate surface area is 115 Å². The molecule has 1 aromatic heterocycles. The molecule has 0 saturated carbocycles. The summed E-state index contributed by atoms with van der Waals surface area (Å²) in [5.74, 6) is -0.203. The van der Waals surface area contributed by atoms with Gasteiger partial charge in [0, 0.05) is 10.3 Å². The molecule has 0 amide bonds. The minimum Gasteiger partial charge on any atom is -0.320 e. The first kappa shape index (κ1) is 12.3. The first-order valence-electron chi connectivity index (χ1n) is 6.15. The van der Waals surface area contributed by atoms with Crippen LogP contribution in [0.3, 0.4) is 0 Å². The summed E-state index contributed by atoms with van der Waals surface area (Å²) in [6, 6.07) is 13.0. The van der Waals surface area contributed by atoms with E-state index in [1.807, 2.05) is 29.6 Å². The molecule has 2 aromatic carbocycles. The zero-order valence-electron chi connectivity index (χ0n) is 10.6. The molecule has 0 spiro atoms. The Hall–Kier alpha value is -1.71. The van der Waals surface area contributed by atoms with Crippen molar-refractivity contribution in [2.45, 2.75) is 13.0 Å². The Balaban J connectivity index is 2.13. The summed E-state index contributed by atoms with van der Waals surface area (Å²) in [5, 5.41) is 3.14. The van der Waals surface area contributed by atoms with Crippen LogP contribution in [0, 0.1) is 12.7 Å². The van der Waals surface area contributed by atoms with Crippen LogP contribution < -0.4 is 5.73 Å². The van der Waals surface area contributed by atoms with Crippen molar-refractivity contribution in [1.29, 1.82) is 0 Å². The fourth-order valence-electron chi connectivity index (χ4n) is 2.32. The number of halogens is 1. The van der Waals surface area contributed by atoms with Crippen molar-refractivity contribution in [2.24, 2.45) is 5.73 Å². The summed E-state index contributed by atoms with van der Waals surface area (Å²) in [5.41, 5.74) is 8.44. The smallest absolute Gasteiger partial charge is 0.131 e. The van der Waals surface area contributed by atoms with Gasteiger partial charge in [0.15, 0.2) is 0 Å². The summed E-state index contributed by atoms with van der Waals surface area (Å²) < 4.78 is 15.3. The van der Waals surface area contributed by atoms with E-state index in [1.165, 1.54) is 4.70 Å². The third kappa shape index (κ3) is 2.05. The summed E-state index contributed by atoms with van der Waals surface area (Å²) >= 11 is 1.64. The lowest BCUT2D eigenvalue weighted by atomic mass is 9.97. The zero-order chi connectivity index (χ0) is 13.4. The molecular weight excluding hydrogens is 257 g/mol. The Morgan fingerprint density at radius 3 is 2.68 bits per heavy atom. The summed E-state index contributed by atoms with van der Waals surface area (Å²) in [4.78, 5) is 0. The van der Waals surface area contributed by atoms with Gasteiger partial charge in [-0.3, -0.25) is 0 Å². The highest BCUT2D eigenvalue weighted by molar-refractivity contribution is 7.17. The van der Waals surface area contributed by atoms with E-state index in [1.54, 1.807) is 30.4 Å². The van der Waals surface area contributed by atoms with E-state index in [4.69, 9.17) is 5.73 Å². The molecule has 0 bridgehead atoms. The second kappa shape index (κ2) is 4.76. The van der Waals surface area contributed by atoms with Crippen molar-refractivity contribution < 1.29 is 4.39 Å². The topological polar surface area (TPSA) is 26.0 Å². The maximum atomic E-state index is 14.2. The molecule has 3 heteroatoms. The third-order valence-electron chi connectivity index (χ3n) is 3.40. The molecule has 1 unspecified atom stereocenters. The Kier molecular flexibility index (Phi) is 3.09. The van der Waals surface area contributed by atoms with E-state index < -0.39 is 6.04 Å². The summed E-state index contributed by atoms with van der Waals surface area (Å²) in [6.45, 7) is 1.76. The van der Waals surface area contributed by atoms with E-state index in [0.717, 1.165) is 10.9 Å². The highest BCUT2D eigenvalue weighted by atomic mass is 32.1. The summed E-state index contributed by atoms with van der Waals surface area (Å²) in [6.07, 6.45) is 0. The van der Waals surface area contributed by atoms with Gasteiger partial charge in [0.25, 0.3) is 0 Å². The van der Waals surface area contributed by atoms with E-state index in [-0.39, 0.29) is 5.82 Å². The predicted molar refractivity (Wildman–Crippen MR) is 79.0 cm³/mol. The summed E-state index contributed by atoms with van der Waals surface area (Å²) in [7, 11) is 0. The number of thiophene rings is 1. The third-order valence-corrected chi connectivity index (χ3v) is 4.38. The zero-order valence-corrected chi connectivity index (χ0v) is 11.4. The van der Waals surface area contributed by atoms with E-state index in [0.29, 0.717) is 11.1 Å². The van der Waals surface area contributed by atoms with Crippen molar-refractivity contribution in [2.75, 3.05) is 0 Å². The van der Waals surface area contributed by atoms with Gasteiger partial charge in [0.2, 0.25) is 0 Å². The molecule has 0 radical (unpaired) electrons.